The number of benzene rings is 1. The molecule has 1 heterocycles. The summed E-state index contributed by atoms with van der Waals surface area (Å²) in [4.78, 5) is 24.3. The number of ketones is 1. The van der Waals surface area contributed by atoms with E-state index in [-0.39, 0.29) is 24.5 Å². The van der Waals surface area contributed by atoms with E-state index in [0.717, 1.165) is 0 Å². The number of alkyl halides is 3. The number of nitrogens with two attached hydrogens (primary N) is 1. The second kappa shape index (κ2) is 9.35. The van der Waals surface area contributed by atoms with E-state index in [4.69, 9.17) is 19.9 Å². The van der Waals surface area contributed by atoms with Crippen molar-refractivity contribution in [1.82, 2.24) is 0 Å². The number of hydrogen-bond donors (Lipinski definition) is 1. The second-order valence-electron chi connectivity index (χ2n) is 6.04. The third-order valence-corrected chi connectivity index (χ3v) is 4.14. The van der Waals surface area contributed by atoms with Crippen molar-refractivity contribution < 1.29 is 37.0 Å². The lowest BCUT2D eigenvalue weighted by Crippen LogP contribution is -2.33. The molecule has 1 aromatic rings. The van der Waals surface area contributed by atoms with Gasteiger partial charge in [0.1, 0.15) is 29.6 Å². The van der Waals surface area contributed by atoms with Crippen LogP contribution in [0, 0.1) is 11.3 Å². The van der Waals surface area contributed by atoms with Crippen LogP contribution in [0.1, 0.15) is 31.7 Å². The number of Topliss-reactive ketones (excluding diaryl/α,β-unsaturated/α-hetero) is 1. The fourth-order valence-corrected chi connectivity index (χ4v) is 3.01. The van der Waals surface area contributed by atoms with Gasteiger partial charge in [-0.25, -0.2) is 0 Å². The van der Waals surface area contributed by atoms with E-state index < -0.39 is 53.1 Å². The average molecular weight is 424 g/mol. The molecular formula is C20H19F3N2O5. The smallest absolute Gasteiger partial charge is 0.454 e. The van der Waals surface area contributed by atoms with Crippen LogP contribution < -0.4 is 10.5 Å². The van der Waals surface area contributed by atoms with E-state index in [9.17, 15) is 28.0 Å². The lowest BCUT2D eigenvalue weighted by molar-refractivity contribution is -0.167. The Bertz CT molecular complexity index is 944. The van der Waals surface area contributed by atoms with Crippen LogP contribution in [0.25, 0.3) is 0 Å². The summed E-state index contributed by atoms with van der Waals surface area (Å²) in [6.45, 7) is 3.34. The lowest BCUT2D eigenvalue weighted by atomic mass is 9.80. The third kappa shape index (κ3) is 4.74. The summed E-state index contributed by atoms with van der Waals surface area (Å²) in [5.74, 6) is -5.67. The number of hydrogen-bond acceptors (Lipinski definition) is 7. The SMILES string of the molecule is CCOC(=O)CC1=C(C(=O)C(F)(F)F)[C@H](c2ccccc2OCC)C(C#N)=C(N)O1. The number of nitrogens with zero attached hydrogens (tertiary/aromatic N) is 1. The maximum absolute atomic E-state index is 13.4. The maximum atomic E-state index is 13.4. The number of carbonyl (C=O) groups excluding carboxylic acids is 2. The zero-order chi connectivity index (χ0) is 22.5. The molecule has 1 atom stereocenters. The van der Waals surface area contributed by atoms with E-state index in [1.54, 1.807) is 19.1 Å². The normalized spacial score (nSPS) is 16.6. The zero-order valence-electron chi connectivity index (χ0n) is 16.2. The van der Waals surface area contributed by atoms with Gasteiger partial charge in [-0.05, 0) is 19.9 Å². The number of rotatable bonds is 7. The molecule has 1 aliphatic rings. The number of allylic oxidation sites excluding steroid dienone is 2. The number of nitriles is 1. The van der Waals surface area contributed by atoms with Gasteiger partial charge in [-0.15, -0.1) is 0 Å². The summed E-state index contributed by atoms with van der Waals surface area (Å²) in [6.07, 6.45) is -6.05. The van der Waals surface area contributed by atoms with Crippen molar-refractivity contribution in [3.63, 3.8) is 0 Å². The van der Waals surface area contributed by atoms with Crippen LogP contribution in [0.2, 0.25) is 0 Å². The third-order valence-electron chi connectivity index (χ3n) is 4.14. The molecule has 7 nitrogen and oxygen atoms in total. The number of ether oxygens (including phenoxy) is 3. The van der Waals surface area contributed by atoms with Crippen LogP contribution in [-0.2, 0) is 19.1 Å². The summed E-state index contributed by atoms with van der Waals surface area (Å²) in [6, 6.07) is 7.71. The molecular weight excluding hydrogens is 405 g/mol. The topological polar surface area (TPSA) is 112 Å². The van der Waals surface area contributed by atoms with Gasteiger partial charge in [-0.2, -0.15) is 18.4 Å². The van der Waals surface area contributed by atoms with Crippen LogP contribution in [-0.4, -0.2) is 31.1 Å². The Hall–Kier alpha value is -3.48. The van der Waals surface area contributed by atoms with E-state index >= 15 is 0 Å². The molecule has 0 spiro atoms. The van der Waals surface area contributed by atoms with Gasteiger partial charge in [0.05, 0.1) is 24.7 Å². The number of carbonyl (C=O) groups is 2. The van der Waals surface area contributed by atoms with Crippen molar-refractivity contribution in [2.24, 2.45) is 5.73 Å². The van der Waals surface area contributed by atoms with E-state index in [1.807, 2.05) is 0 Å². The molecule has 160 valence electrons. The first-order chi connectivity index (χ1) is 14.1. The Morgan fingerprint density at radius 3 is 2.47 bits per heavy atom. The van der Waals surface area contributed by atoms with Crippen LogP contribution in [0.15, 0.2) is 47.1 Å². The van der Waals surface area contributed by atoms with Gasteiger partial charge >= 0.3 is 12.1 Å². The van der Waals surface area contributed by atoms with Crippen LogP contribution >= 0.6 is 0 Å². The molecule has 2 N–H and O–H groups in total. The zero-order valence-corrected chi connectivity index (χ0v) is 16.2. The first kappa shape index (κ1) is 22.8. The maximum Gasteiger partial charge on any atom is 0.454 e. The number of esters is 1. The van der Waals surface area contributed by atoms with Crippen molar-refractivity contribution in [3.05, 3.63) is 52.6 Å². The van der Waals surface area contributed by atoms with Gasteiger partial charge in [-0.1, -0.05) is 18.2 Å². The first-order valence-corrected chi connectivity index (χ1v) is 8.95. The molecule has 0 radical (unpaired) electrons. The fraction of sp³-hybridized carbons (Fsp3) is 0.350. The van der Waals surface area contributed by atoms with E-state index in [0.29, 0.717) is 0 Å². The summed E-state index contributed by atoms with van der Waals surface area (Å²) >= 11 is 0. The molecule has 0 aliphatic carbocycles. The Kier molecular flexibility index (Phi) is 7.10. The molecule has 2 rings (SSSR count). The number of halogens is 3. The highest BCUT2D eigenvalue weighted by Gasteiger charge is 2.48. The molecule has 0 fully saturated rings. The average Bonchev–Trinajstić information content (AvgIpc) is 2.67. The monoisotopic (exact) mass is 424 g/mol. The Morgan fingerprint density at radius 2 is 1.90 bits per heavy atom. The highest BCUT2D eigenvalue weighted by Crippen LogP contribution is 2.45. The van der Waals surface area contributed by atoms with Gasteiger partial charge in [0, 0.05) is 5.56 Å². The molecule has 30 heavy (non-hydrogen) atoms. The quantitative estimate of drug-likeness (QED) is 0.669. The van der Waals surface area contributed by atoms with Gasteiger partial charge < -0.3 is 19.9 Å². The van der Waals surface area contributed by atoms with Crippen LogP contribution in [0.4, 0.5) is 13.2 Å². The van der Waals surface area contributed by atoms with Crippen molar-refractivity contribution in [1.29, 1.82) is 5.26 Å². The van der Waals surface area contributed by atoms with E-state index in [1.165, 1.54) is 25.1 Å². The minimum atomic E-state index is -5.29. The molecule has 0 saturated carbocycles. The standard InChI is InChI=1S/C20H19F3N2O5/c1-3-28-13-8-6-5-7-11(13)16-12(10-24)19(25)30-14(9-15(26)29-4-2)17(16)18(27)20(21,22)23/h5-8,16H,3-4,9,25H2,1-2H3/t16-/m1/s1. The highest BCUT2D eigenvalue weighted by molar-refractivity contribution is 6.03. The summed E-state index contributed by atoms with van der Waals surface area (Å²) in [5.41, 5.74) is 4.57. The Labute approximate surface area is 170 Å². The number of para-hydroxylation sites is 1. The predicted octanol–water partition coefficient (Wildman–Crippen LogP) is 3.23. The predicted molar refractivity (Wildman–Crippen MR) is 97.6 cm³/mol. The fourth-order valence-electron chi connectivity index (χ4n) is 3.01. The minimum Gasteiger partial charge on any atom is -0.494 e. The molecule has 10 heteroatoms. The molecule has 0 aromatic heterocycles. The van der Waals surface area contributed by atoms with Crippen LogP contribution in [0.5, 0.6) is 5.75 Å². The van der Waals surface area contributed by atoms with Crippen LogP contribution in [0.3, 0.4) is 0 Å². The van der Waals surface area contributed by atoms with Crippen molar-refractivity contribution in [2.45, 2.75) is 32.4 Å². The van der Waals surface area contributed by atoms with Crippen molar-refractivity contribution in [3.8, 4) is 11.8 Å². The highest BCUT2D eigenvalue weighted by atomic mass is 19.4. The molecule has 0 amide bonds. The van der Waals surface area contributed by atoms with Gasteiger partial charge in [-0.3, -0.25) is 9.59 Å². The molecule has 1 aliphatic heterocycles. The van der Waals surface area contributed by atoms with Gasteiger partial charge in [0.15, 0.2) is 0 Å². The Balaban J connectivity index is 2.78. The summed E-state index contributed by atoms with van der Waals surface area (Å²) in [5, 5.41) is 9.55. The summed E-state index contributed by atoms with van der Waals surface area (Å²) < 4.78 is 55.7. The first-order valence-electron chi connectivity index (χ1n) is 8.95. The molecule has 0 bridgehead atoms. The minimum absolute atomic E-state index is 0.0277. The van der Waals surface area contributed by atoms with Crippen molar-refractivity contribution in [2.75, 3.05) is 13.2 Å². The molecule has 0 unspecified atom stereocenters. The lowest BCUT2D eigenvalue weighted by Gasteiger charge is -2.29. The van der Waals surface area contributed by atoms with Crippen molar-refractivity contribution >= 4 is 11.8 Å². The second-order valence-corrected chi connectivity index (χ2v) is 6.04. The van der Waals surface area contributed by atoms with Gasteiger partial charge in [0.2, 0.25) is 5.88 Å². The van der Waals surface area contributed by atoms with Gasteiger partial charge in [0.25, 0.3) is 5.78 Å². The van der Waals surface area contributed by atoms with E-state index in [2.05, 4.69) is 0 Å². The Morgan fingerprint density at radius 1 is 1.23 bits per heavy atom. The largest absolute Gasteiger partial charge is 0.494 e. The molecule has 1 aromatic carbocycles. The summed E-state index contributed by atoms with van der Waals surface area (Å²) in [7, 11) is 0. The molecule has 0 saturated heterocycles.